The monoisotopic (exact) mass is 445 g/mol. The third-order valence-corrected chi connectivity index (χ3v) is 6.80. The Bertz CT molecular complexity index is 1130. The molecule has 0 bridgehead atoms. The summed E-state index contributed by atoms with van der Waals surface area (Å²) >= 11 is 0. The predicted octanol–water partition coefficient (Wildman–Crippen LogP) is 2.73. The predicted molar refractivity (Wildman–Crippen MR) is 111 cm³/mol. The van der Waals surface area contributed by atoms with Crippen molar-refractivity contribution in [2.24, 2.45) is 0 Å². The summed E-state index contributed by atoms with van der Waals surface area (Å²) in [5.41, 5.74) is 0.784. The first kappa shape index (κ1) is 21.3. The van der Waals surface area contributed by atoms with E-state index < -0.39 is 10.0 Å². The Hall–Kier alpha value is -2.95. The van der Waals surface area contributed by atoms with Gasteiger partial charge >= 0.3 is 0 Å². The van der Waals surface area contributed by atoms with Gasteiger partial charge in [-0.2, -0.15) is 9.29 Å². The molecular formula is C21H23N3O6S. The van der Waals surface area contributed by atoms with Gasteiger partial charge in [0.15, 0.2) is 0 Å². The molecular weight excluding hydrogens is 422 g/mol. The van der Waals surface area contributed by atoms with Crippen LogP contribution in [-0.4, -0.2) is 56.3 Å². The van der Waals surface area contributed by atoms with E-state index in [1.807, 2.05) is 12.1 Å². The fraction of sp³-hybridized carbons (Fsp3) is 0.333. The third kappa shape index (κ3) is 4.71. The minimum Gasteiger partial charge on any atom is -0.497 e. The molecule has 2 aromatic carbocycles. The van der Waals surface area contributed by atoms with Crippen LogP contribution in [0.25, 0.3) is 11.4 Å². The quantitative estimate of drug-likeness (QED) is 0.521. The Morgan fingerprint density at radius 1 is 1.13 bits per heavy atom. The molecule has 1 aliphatic rings. The molecule has 0 aliphatic carbocycles. The van der Waals surface area contributed by atoms with Crippen LogP contribution < -0.4 is 9.47 Å². The van der Waals surface area contributed by atoms with Crippen molar-refractivity contribution in [1.82, 2.24) is 14.4 Å². The lowest BCUT2D eigenvalue weighted by atomic mass is 10.2. The lowest BCUT2D eigenvalue weighted by Crippen LogP contribution is -2.31. The molecule has 0 saturated carbocycles. The van der Waals surface area contributed by atoms with Gasteiger partial charge in [-0.25, -0.2) is 8.42 Å². The van der Waals surface area contributed by atoms with Gasteiger partial charge in [0.25, 0.3) is 5.89 Å². The zero-order valence-electron chi connectivity index (χ0n) is 17.2. The minimum atomic E-state index is -3.61. The smallest absolute Gasteiger partial charge is 0.252 e. The fourth-order valence-electron chi connectivity index (χ4n) is 3.35. The van der Waals surface area contributed by atoms with Crippen molar-refractivity contribution in [2.75, 3.05) is 27.3 Å². The second-order valence-corrected chi connectivity index (χ2v) is 8.98. The van der Waals surface area contributed by atoms with Gasteiger partial charge in [0.1, 0.15) is 24.2 Å². The number of hydrogen-bond donors (Lipinski definition) is 0. The van der Waals surface area contributed by atoms with E-state index in [2.05, 4.69) is 10.1 Å². The SMILES string of the molecule is COCc1nc(-c2ccc(OC3CCN(S(=O)(=O)c4cccc(OC)c4)C3)cc2)no1. The Morgan fingerprint density at radius 2 is 1.94 bits per heavy atom. The Morgan fingerprint density at radius 3 is 2.68 bits per heavy atom. The number of nitrogens with zero attached hydrogens (tertiary/aromatic N) is 3. The molecule has 2 heterocycles. The maximum Gasteiger partial charge on any atom is 0.252 e. The molecule has 164 valence electrons. The molecule has 1 unspecified atom stereocenters. The zero-order valence-corrected chi connectivity index (χ0v) is 18.0. The van der Waals surface area contributed by atoms with E-state index in [0.717, 1.165) is 5.56 Å². The van der Waals surface area contributed by atoms with Crippen LogP contribution in [0.3, 0.4) is 0 Å². The van der Waals surface area contributed by atoms with Crippen LogP contribution in [0.5, 0.6) is 11.5 Å². The summed E-state index contributed by atoms with van der Waals surface area (Å²) in [4.78, 5) is 4.47. The first-order chi connectivity index (χ1) is 15.0. The number of benzene rings is 2. The van der Waals surface area contributed by atoms with Crippen molar-refractivity contribution < 1.29 is 27.2 Å². The standard InChI is InChI=1S/C21H23N3O6S/c1-27-14-20-22-21(23-30-20)15-6-8-16(9-7-15)29-18-10-11-24(13-18)31(25,26)19-5-3-4-17(12-19)28-2/h3-9,12,18H,10-11,13-14H2,1-2H3. The summed E-state index contributed by atoms with van der Waals surface area (Å²) in [6.45, 7) is 0.936. The average molecular weight is 445 g/mol. The minimum absolute atomic E-state index is 0.213. The lowest BCUT2D eigenvalue weighted by Gasteiger charge is -2.18. The Labute approximate surface area is 180 Å². The maximum atomic E-state index is 12.9. The first-order valence-corrected chi connectivity index (χ1v) is 11.2. The highest BCUT2D eigenvalue weighted by molar-refractivity contribution is 7.89. The summed E-state index contributed by atoms with van der Waals surface area (Å²) in [5.74, 6) is 2.02. The highest BCUT2D eigenvalue weighted by Gasteiger charge is 2.33. The Kier molecular flexibility index (Phi) is 6.21. The third-order valence-electron chi connectivity index (χ3n) is 4.94. The van der Waals surface area contributed by atoms with Crippen LogP contribution in [-0.2, 0) is 21.4 Å². The molecule has 1 saturated heterocycles. The number of hydrogen-bond acceptors (Lipinski definition) is 8. The van der Waals surface area contributed by atoms with Gasteiger partial charge < -0.3 is 18.7 Å². The average Bonchev–Trinajstić information content (AvgIpc) is 3.45. The van der Waals surface area contributed by atoms with Gasteiger partial charge in [0, 0.05) is 25.3 Å². The van der Waals surface area contributed by atoms with Gasteiger partial charge in [-0.3, -0.25) is 0 Å². The zero-order chi connectivity index (χ0) is 21.8. The van der Waals surface area contributed by atoms with Crippen molar-refractivity contribution in [3.63, 3.8) is 0 Å². The number of aromatic nitrogens is 2. The molecule has 0 radical (unpaired) electrons. The maximum absolute atomic E-state index is 12.9. The molecule has 1 aromatic heterocycles. The highest BCUT2D eigenvalue weighted by atomic mass is 32.2. The number of rotatable bonds is 8. The van der Waals surface area contributed by atoms with Crippen LogP contribution in [0.1, 0.15) is 12.3 Å². The molecule has 4 rings (SSSR count). The molecule has 1 aliphatic heterocycles. The second-order valence-electron chi connectivity index (χ2n) is 7.04. The normalized spacial score (nSPS) is 17.0. The topological polar surface area (TPSA) is 104 Å². The van der Waals surface area contributed by atoms with Crippen LogP contribution in [0, 0.1) is 0 Å². The van der Waals surface area contributed by atoms with Gasteiger partial charge in [-0.1, -0.05) is 11.2 Å². The summed E-state index contributed by atoms with van der Waals surface area (Å²) < 4.78 is 48.5. The van der Waals surface area contributed by atoms with Crippen molar-refractivity contribution >= 4 is 10.0 Å². The van der Waals surface area contributed by atoms with E-state index >= 15 is 0 Å². The largest absolute Gasteiger partial charge is 0.497 e. The van der Waals surface area contributed by atoms with Crippen molar-refractivity contribution in [2.45, 2.75) is 24.0 Å². The molecule has 1 fully saturated rings. The number of sulfonamides is 1. The molecule has 1 atom stereocenters. The lowest BCUT2D eigenvalue weighted by molar-refractivity contribution is 0.151. The van der Waals surface area contributed by atoms with Gasteiger partial charge in [-0.05, 0) is 42.8 Å². The van der Waals surface area contributed by atoms with Crippen molar-refractivity contribution in [3.8, 4) is 22.9 Å². The van der Waals surface area contributed by atoms with E-state index in [9.17, 15) is 8.42 Å². The number of methoxy groups -OCH3 is 2. The van der Waals surface area contributed by atoms with E-state index in [0.29, 0.717) is 36.2 Å². The summed E-state index contributed by atoms with van der Waals surface area (Å²) in [5, 5.41) is 3.93. The van der Waals surface area contributed by atoms with E-state index in [4.69, 9.17) is 18.7 Å². The molecule has 3 aromatic rings. The van der Waals surface area contributed by atoms with Crippen molar-refractivity contribution in [1.29, 1.82) is 0 Å². The molecule has 31 heavy (non-hydrogen) atoms. The van der Waals surface area contributed by atoms with Gasteiger partial charge in [0.05, 0.1) is 18.6 Å². The van der Waals surface area contributed by atoms with E-state index in [1.165, 1.54) is 17.5 Å². The fourth-order valence-corrected chi connectivity index (χ4v) is 4.87. The molecule has 0 spiro atoms. The van der Waals surface area contributed by atoms with E-state index in [1.54, 1.807) is 37.4 Å². The molecule has 10 heteroatoms. The van der Waals surface area contributed by atoms with Crippen LogP contribution >= 0.6 is 0 Å². The van der Waals surface area contributed by atoms with Gasteiger partial charge in [-0.15, -0.1) is 0 Å². The summed E-state index contributed by atoms with van der Waals surface area (Å²) in [6.07, 6.45) is 0.376. The second kappa shape index (κ2) is 9.04. The van der Waals surface area contributed by atoms with E-state index in [-0.39, 0.29) is 24.2 Å². The Balaban J connectivity index is 1.39. The van der Waals surface area contributed by atoms with Crippen LogP contribution in [0.15, 0.2) is 57.9 Å². The first-order valence-electron chi connectivity index (χ1n) is 9.72. The highest BCUT2D eigenvalue weighted by Crippen LogP contribution is 2.27. The molecule has 0 N–H and O–H groups in total. The molecule has 9 nitrogen and oxygen atoms in total. The van der Waals surface area contributed by atoms with Crippen LogP contribution in [0.2, 0.25) is 0 Å². The van der Waals surface area contributed by atoms with Crippen LogP contribution in [0.4, 0.5) is 0 Å². The number of ether oxygens (including phenoxy) is 3. The summed E-state index contributed by atoms with van der Waals surface area (Å²) in [7, 11) is -0.540. The summed E-state index contributed by atoms with van der Waals surface area (Å²) in [6, 6.07) is 13.7. The van der Waals surface area contributed by atoms with Crippen molar-refractivity contribution in [3.05, 3.63) is 54.4 Å². The molecule has 0 amide bonds. The van der Waals surface area contributed by atoms with Gasteiger partial charge in [0.2, 0.25) is 15.8 Å².